The molecule has 0 bridgehead atoms. The third-order valence-corrected chi connectivity index (χ3v) is 5.89. The highest BCUT2D eigenvalue weighted by Gasteiger charge is 2.50. The lowest BCUT2D eigenvalue weighted by Crippen LogP contribution is -2.55. The van der Waals surface area contributed by atoms with Crippen LogP contribution in [0.15, 0.2) is 49.1 Å². The van der Waals surface area contributed by atoms with E-state index in [1.54, 1.807) is 25.1 Å². The first-order valence-corrected chi connectivity index (χ1v) is 10.1. The number of alkyl halides is 3. The number of carbonyl (C=O) groups is 1. The van der Waals surface area contributed by atoms with Crippen LogP contribution in [0.2, 0.25) is 0 Å². The number of nitrogens with one attached hydrogen (secondary N) is 1. The number of aromatic nitrogens is 4. The highest BCUT2D eigenvalue weighted by atomic mass is 19.4. The van der Waals surface area contributed by atoms with Crippen LogP contribution in [-0.4, -0.2) is 25.7 Å². The molecular weight excluding hydrogens is 445 g/mol. The Morgan fingerprint density at radius 3 is 2.45 bits per heavy atom. The van der Waals surface area contributed by atoms with Crippen LogP contribution in [0.1, 0.15) is 24.9 Å². The maximum Gasteiger partial charge on any atom is 0.504 e. The van der Waals surface area contributed by atoms with E-state index in [2.05, 4.69) is 15.1 Å². The summed E-state index contributed by atoms with van der Waals surface area (Å²) in [5.41, 5.74) is 1.30. The Morgan fingerprint density at radius 2 is 1.82 bits per heavy atom. The van der Waals surface area contributed by atoms with Crippen LogP contribution in [0.25, 0.3) is 22.2 Å². The number of β-lactam (4-membered cyclic amide) rings is 1. The molecule has 0 saturated carbocycles. The molecule has 0 radical (unpaired) electrons. The number of carbonyl (C=O) groups excluding carboxylic acids is 1. The Hall–Kier alpha value is -3.76. The molecule has 11 heteroatoms. The number of benzene rings is 2. The minimum Gasteiger partial charge on any atom is -0.345 e. The van der Waals surface area contributed by atoms with Gasteiger partial charge in [-0.3, -0.25) is 4.79 Å². The second-order valence-electron chi connectivity index (χ2n) is 7.77. The first-order valence-electron chi connectivity index (χ1n) is 10.1. The molecule has 1 amide bonds. The first kappa shape index (κ1) is 21.1. The number of anilines is 1. The van der Waals surface area contributed by atoms with Crippen molar-refractivity contribution in [2.45, 2.75) is 25.7 Å². The monoisotopic (exact) mass is 461 g/mol. The Labute approximate surface area is 183 Å². The summed E-state index contributed by atoms with van der Waals surface area (Å²) in [5, 5.41) is 3.20. The molecule has 33 heavy (non-hydrogen) atoms. The van der Waals surface area contributed by atoms with Crippen LogP contribution in [-0.2, 0) is 11.1 Å². The van der Waals surface area contributed by atoms with E-state index in [1.165, 1.54) is 11.2 Å². The highest BCUT2D eigenvalue weighted by molar-refractivity contribution is 6.04. The van der Waals surface area contributed by atoms with Gasteiger partial charge in [0.25, 0.3) is 0 Å². The number of hydrogen-bond acceptors (Lipinski definition) is 3. The van der Waals surface area contributed by atoms with E-state index in [0.717, 1.165) is 23.8 Å². The van der Waals surface area contributed by atoms with Crippen LogP contribution in [0.3, 0.4) is 0 Å². The van der Waals surface area contributed by atoms with Crippen LogP contribution in [0.5, 0.6) is 0 Å². The molecule has 5 rings (SSSR count). The van der Waals surface area contributed by atoms with Gasteiger partial charge in [0.15, 0.2) is 0 Å². The molecule has 0 aliphatic carbocycles. The topological polar surface area (TPSA) is 66.8 Å². The minimum atomic E-state index is -4.74. The van der Waals surface area contributed by atoms with Crippen molar-refractivity contribution in [2.24, 2.45) is 5.92 Å². The number of H-pyrrole nitrogens is 1. The van der Waals surface area contributed by atoms with Crippen molar-refractivity contribution in [1.29, 1.82) is 0 Å². The number of rotatable bonds is 4. The fourth-order valence-corrected chi connectivity index (χ4v) is 4.28. The van der Waals surface area contributed by atoms with E-state index in [4.69, 9.17) is 0 Å². The third-order valence-electron chi connectivity index (χ3n) is 5.89. The zero-order valence-electron chi connectivity index (χ0n) is 17.1. The number of halogens is 5. The van der Waals surface area contributed by atoms with Gasteiger partial charge in [0.05, 0.1) is 35.5 Å². The van der Waals surface area contributed by atoms with Crippen molar-refractivity contribution in [3.8, 4) is 11.1 Å². The second kappa shape index (κ2) is 7.39. The molecule has 1 fully saturated rings. The van der Waals surface area contributed by atoms with Gasteiger partial charge in [0.2, 0.25) is 5.91 Å². The fourth-order valence-electron chi connectivity index (χ4n) is 4.28. The number of amides is 1. The van der Waals surface area contributed by atoms with Gasteiger partial charge in [-0.05, 0) is 42.3 Å². The van der Waals surface area contributed by atoms with Crippen molar-refractivity contribution in [2.75, 3.05) is 4.90 Å². The van der Waals surface area contributed by atoms with Gasteiger partial charge in [0, 0.05) is 23.0 Å². The number of aromatic amines is 1. The van der Waals surface area contributed by atoms with Gasteiger partial charge in [-0.2, -0.15) is 9.78 Å². The molecular formula is C22H16F5N5O. The van der Waals surface area contributed by atoms with Gasteiger partial charge in [-0.25, -0.2) is 13.8 Å². The van der Waals surface area contributed by atoms with Gasteiger partial charge in [-0.1, -0.05) is 6.92 Å². The van der Waals surface area contributed by atoms with Crippen molar-refractivity contribution < 1.29 is 26.7 Å². The zero-order chi connectivity index (χ0) is 23.5. The lowest BCUT2D eigenvalue weighted by atomic mass is 9.79. The normalized spacial score (nSPS) is 18.7. The van der Waals surface area contributed by atoms with Crippen molar-refractivity contribution in [3.63, 3.8) is 0 Å². The smallest absolute Gasteiger partial charge is 0.345 e. The van der Waals surface area contributed by atoms with E-state index in [9.17, 15) is 18.0 Å². The second-order valence-corrected chi connectivity index (χ2v) is 7.77. The average molecular weight is 461 g/mol. The average Bonchev–Trinajstić information content (AvgIpc) is 3.42. The number of hydrogen-bond donors (Lipinski definition) is 1. The molecule has 1 aliphatic rings. The summed E-state index contributed by atoms with van der Waals surface area (Å²) in [7, 11) is 0. The van der Waals surface area contributed by atoms with E-state index in [1.807, 2.05) is 0 Å². The lowest BCUT2D eigenvalue weighted by molar-refractivity contribution is -0.212. The number of fused-ring (bicyclic) bond motifs is 1. The summed E-state index contributed by atoms with van der Waals surface area (Å²) in [5.74, 6) is -2.81. The summed E-state index contributed by atoms with van der Waals surface area (Å²) < 4.78 is 68.6. The molecule has 6 nitrogen and oxygen atoms in total. The molecule has 4 aromatic rings. The molecule has 2 aromatic carbocycles. The highest BCUT2D eigenvalue weighted by Crippen LogP contribution is 2.47. The molecule has 1 aliphatic heterocycles. The molecule has 1 N–H and O–H groups in total. The minimum absolute atomic E-state index is 0.0887. The largest absolute Gasteiger partial charge is 0.504 e. The SMILES string of the molecule is CC[C@H]1C(=O)N(c2ccc3[nH]cnc3c2)[C@H]1c1c(F)cc(-c2cnn(C(F)(F)F)c2)cc1F. The first-order chi connectivity index (χ1) is 15.7. The fraction of sp³-hybridized carbons (Fsp3) is 0.227. The van der Waals surface area contributed by atoms with E-state index < -0.39 is 29.9 Å². The van der Waals surface area contributed by atoms with Crippen LogP contribution in [0, 0.1) is 17.6 Å². The summed E-state index contributed by atoms with van der Waals surface area (Å²) in [6.45, 7) is 1.75. The van der Waals surface area contributed by atoms with Crippen molar-refractivity contribution >= 4 is 22.6 Å². The maximum absolute atomic E-state index is 15.2. The summed E-state index contributed by atoms with van der Waals surface area (Å²) in [6, 6.07) is 6.05. The Balaban J connectivity index is 1.55. The molecule has 0 spiro atoms. The van der Waals surface area contributed by atoms with Gasteiger partial charge >= 0.3 is 6.30 Å². The maximum atomic E-state index is 15.2. The van der Waals surface area contributed by atoms with Gasteiger partial charge in [-0.15, -0.1) is 13.2 Å². The van der Waals surface area contributed by atoms with Crippen LogP contribution >= 0.6 is 0 Å². The molecule has 3 heterocycles. The van der Waals surface area contributed by atoms with E-state index in [-0.39, 0.29) is 27.3 Å². The predicted molar refractivity (Wildman–Crippen MR) is 109 cm³/mol. The predicted octanol–water partition coefficient (Wildman–Crippen LogP) is 5.30. The number of imidazole rings is 1. The Kier molecular flexibility index (Phi) is 4.73. The molecule has 1 saturated heterocycles. The Bertz CT molecular complexity index is 1350. The summed E-state index contributed by atoms with van der Waals surface area (Å²) in [4.78, 5) is 21.2. The van der Waals surface area contributed by atoms with Gasteiger partial charge < -0.3 is 9.88 Å². The van der Waals surface area contributed by atoms with E-state index in [0.29, 0.717) is 23.8 Å². The molecule has 2 aromatic heterocycles. The number of nitrogens with zero attached hydrogens (tertiary/aromatic N) is 4. The third kappa shape index (κ3) is 3.35. The van der Waals surface area contributed by atoms with Crippen LogP contribution in [0.4, 0.5) is 27.6 Å². The van der Waals surface area contributed by atoms with Crippen LogP contribution < -0.4 is 4.90 Å². The zero-order valence-corrected chi connectivity index (χ0v) is 17.1. The summed E-state index contributed by atoms with van der Waals surface area (Å²) >= 11 is 0. The van der Waals surface area contributed by atoms with E-state index >= 15 is 8.78 Å². The van der Waals surface area contributed by atoms with Gasteiger partial charge in [0.1, 0.15) is 11.6 Å². The molecule has 2 atom stereocenters. The van der Waals surface area contributed by atoms with Crippen molar-refractivity contribution in [1.82, 2.24) is 19.7 Å². The summed E-state index contributed by atoms with van der Waals surface area (Å²) in [6.07, 6.45) is -1.34. The molecule has 0 unspecified atom stereocenters. The standard InChI is InChI=1S/C22H16F5N5O/c1-2-14-20(32(21(14)33)13-3-4-17-18(7-13)29-10-28-17)19-15(23)5-11(6-16(19)24)12-8-30-31(9-12)22(25,26)27/h3-10,14,20H,2H2,1H3,(H,28,29)/t14-,20-/m1/s1. The quantitative estimate of drug-likeness (QED) is 0.332. The molecule has 170 valence electrons. The van der Waals surface area contributed by atoms with Crippen molar-refractivity contribution in [3.05, 3.63) is 66.3 Å². The Morgan fingerprint density at radius 1 is 1.09 bits per heavy atom. The lowest BCUT2D eigenvalue weighted by Gasteiger charge is -2.47.